The van der Waals surface area contributed by atoms with Gasteiger partial charge in [0.15, 0.2) is 0 Å². The van der Waals surface area contributed by atoms with Crippen molar-refractivity contribution in [3.05, 3.63) is 48.4 Å². The number of imidazole rings is 1. The molecule has 3 aromatic rings. The van der Waals surface area contributed by atoms with Crippen LogP contribution in [0.3, 0.4) is 0 Å². The zero-order valence-corrected chi connectivity index (χ0v) is 10.1. The van der Waals surface area contributed by atoms with Gasteiger partial charge in [0.25, 0.3) is 0 Å². The van der Waals surface area contributed by atoms with Crippen LogP contribution in [-0.4, -0.2) is 16.2 Å². The summed E-state index contributed by atoms with van der Waals surface area (Å²) in [5, 5.41) is 3.34. The highest BCUT2D eigenvalue weighted by Crippen LogP contribution is 2.25. The molecule has 0 radical (unpaired) electrons. The molecule has 0 saturated heterocycles. The second-order valence-electron chi connectivity index (χ2n) is 3.77. The van der Waals surface area contributed by atoms with E-state index in [4.69, 9.17) is 4.74 Å². The average molecular weight is 244 g/mol. The van der Waals surface area contributed by atoms with Crippen LogP contribution in [0.4, 0.5) is 0 Å². The Morgan fingerprint density at radius 3 is 3.18 bits per heavy atom. The van der Waals surface area contributed by atoms with Gasteiger partial charge in [0.05, 0.1) is 12.9 Å². The first-order valence-electron chi connectivity index (χ1n) is 5.48. The molecule has 0 N–H and O–H groups in total. The van der Waals surface area contributed by atoms with Gasteiger partial charge in [0.1, 0.15) is 12.4 Å². The van der Waals surface area contributed by atoms with Crippen molar-refractivity contribution in [1.29, 1.82) is 0 Å². The number of hydrogen-bond donors (Lipinski definition) is 0. The molecule has 2 aromatic heterocycles. The maximum Gasteiger partial charge on any atom is 0.120 e. The van der Waals surface area contributed by atoms with Gasteiger partial charge in [-0.2, -0.15) is 0 Å². The fourth-order valence-corrected chi connectivity index (χ4v) is 2.49. The number of thiophene rings is 1. The van der Waals surface area contributed by atoms with Crippen molar-refractivity contribution in [2.45, 2.75) is 6.54 Å². The third kappa shape index (κ3) is 2.31. The predicted octanol–water partition coefficient (Wildman–Crippen LogP) is 3.18. The summed E-state index contributed by atoms with van der Waals surface area (Å²) in [7, 11) is 0. The first-order chi connectivity index (χ1) is 8.42. The number of fused-ring (bicyclic) bond motifs is 1. The van der Waals surface area contributed by atoms with Gasteiger partial charge >= 0.3 is 0 Å². The summed E-state index contributed by atoms with van der Waals surface area (Å²) in [6.07, 6.45) is 5.51. The quantitative estimate of drug-likeness (QED) is 0.704. The molecule has 0 unspecified atom stereocenters. The van der Waals surface area contributed by atoms with Gasteiger partial charge in [-0.1, -0.05) is 0 Å². The Bertz CT molecular complexity index is 601. The predicted molar refractivity (Wildman–Crippen MR) is 69.5 cm³/mol. The van der Waals surface area contributed by atoms with Gasteiger partial charge < -0.3 is 9.30 Å². The number of hydrogen-bond acceptors (Lipinski definition) is 3. The van der Waals surface area contributed by atoms with Crippen molar-refractivity contribution in [2.24, 2.45) is 0 Å². The largest absolute Gasteiger partial charge is 0.492 e. The maximum atomic E-state index is 5.71. The SMILES string of the molecule is c1cn(CCOc2ccc3sccc3c2)cn1. The van der Waals surface area contributed by atoms with Crippen LogP contribution >= 0.6 is 11.3 Å². The van der Waals surface area contributed by atoms with E-state index in [9.17, 15) is 0 Å². The summed E-state index contributed by atoms with van der Waals surface area (Å²) < 4.78 is 9.01. The molecule has 0 spiro atoms. The van der Waals surface area contributed by atoms with Crippen LogP contribution < -0.4 is 4.74 Å². The summed E-state index contributed by atoms with van der Waals surface area (Å²) in [6, 6.07) is 8.32. The number of benzene rings is 1. The molecule has 0 bridgehead atoms. The van der Waals surface area contributed by atoms with Crippen molar-refractivity contribution in [2.75, 3.05) is 6.61 Å². The van der Waals surface area contributed by atoms with Crippen molar-refractivity contribution >= 4 is 21.4 Å². The molecule has 0 aliphatic heterocycles. The van der Waals surface area contributed by atoms with Crippen molar-refractivity contribution < 1.29 is 4.74 Å². The topological polar surface area (TPSA) is 27.1 Å². The highest BCUT2D eigenvalue weighted by molar-refractivity contribution is 7.17. The van der Waals surface area contributed by atoms with E-state index in [0.717, 1.165) is 12.3 Å². The zero-order chi connectivity index (χ0) is 11.5. The lowest BCUT2D eigenvalue weighted by Crippen LogP contribution is -2.06. The summed E-state index contributed by atoms with van der Waals surface area (Å²) in [5.74, 6) is 0.927. The van der Waals surface area contributed by atoms with Gasteiger partial charge in [-0.3, -0.25) is 0 Å². The van der Waals surface area contributed by atoms with E-state index in [-0.39, 0.29) is 0 Å². The van der Waals surface area contributed by atoms with Crippen LogP contribution in [-0.2, 0) is 6.54 Å². The molecule has 86 valence electrons. The lowest BCUT2D eigenvalue weighted by atomic mass is 10.2. The normalized spacial score (nSPS) is 10.8. The minimum Gasteiger partial charge on any atom is -0.492 e. The molecule has 3 nitrogen and oxygen atoms in total. The third-order valence-corrected chi connectivity index (χ3v) is 3.50. The molecule has 2 heterocycles. The van der Waals surface area contributed by atoms with E-state index < -0.39 is 0 Å². The number of ether oxygens (including phenoxy) is 1. The van der Waals surface area contributed by atoms with E-state index in [2.05, 4.69) is 28.6 Å². The monoisotopic (exact) mass is 244 g/mol. The summed E-state index contributed by atoms with van der Waals surface area (Å²) in [4.78, 5) is 3.99. The lowest BCUT2D eigenvalue weighted by Gasteiger charge is -2.06. The fraction of sp³-hybridized carbons (Fsp3) is 0.154. The van der Waals surface area contributed by atoms with Crippen LogP contribution in [0, 0.1) is 0 Å². The lowest BCUT2D eigenvalue weighted by molar-refractivity contribution is 0.298. The molecular formula is C13H12N2OS. The second kappa shape index (κ2) is 4.59. The van der Waals surface area contributed by atoms with Crippen LogP contribution in [0.1, 0.15) is 0 Å². The van der Waals surface area contributed by atoms with Crippen LogP contribution in [0.25, 0.3) is 10.1 Å². The highest BCUT2D eigenvalue weighted by atomic mass is 32.1. The highest BCUT2D eigenvalue weighted by Gasteiger charge is 1.98. The van der Waals surface area contributed by atoms with Crippen molar-refractivity contribution in [3.8, 4) is 5.75 Å². The number of nitrogens with zero attached hydrogens (tertiary/aromatic N) is 2. The molecule has 4 heteroatoms. The van der Waals surface area contributed by atoms with Gasteiger partial charge in [-0.15, -0.1) is 11.3 Å². The van der Waals surface area contributed by atoms with Gasteiger partial charge in [0, 0.05) is 17.1 Å². The Hall–Kier alpha value is -1.81. The van der Waals surface area contributed by atoms with E-state index in [0.29, 0.717) is 6.61 Å². The molecular weight excluding hydrogens is 232 g/mol. The van der Waals surface area contributed by atoms with Crippen molar-refractivity contribution in [3.63, 3.8) is 0 Å². The molecule has 0 amide bonds. The van der Waals surface area contributed by atoms with Gasteiger partial charge in [0.2, 0.25) is 0 Å². The Labute approximate surface area is 103 Å². The number of aromatic nitrogens is 2. The van der Waals surface area contributed by atoms with Crippen LogP contribution in [0.5, 0.6) is 5.75 Å². The first kappa shape index (κ1) is 10.4. The Kier molecular flexibility index (Phi) is 2.80. The molecule has 0 aliphatic carbocycles. The molecule has 1 aromatic carbocycles. The zero-order valence-electron chi connectivity index (χ0n) is 9.24. The van der Waals surface area contributed by atoms with Gasteiger partial charge in [-0.25, -0.2) is 4.98 Å². The summed E-state index contributed by atoms with van der Waals surface area (Å²) in [6.45, 7) is 1.48. The summed E-state index contributed by atoms with van der Waals surface area (Å²) >= 11 is 1.75. The molecule has 0 saturated carbocycles. The van der Waals surface area contributed by atoms with Crippen LogP contribution in [0.15, 0.2) is 48.4 Å². The van der Waals surface area contributed by atoms with E-state index in [1.807, 2.05) is 16.8 Å². The fourth-order valence-electron chi connectivity index (χ4n) is 1.72. The first-order valence-corrected chi connectivity index (χ1v) is 6.35. The Morgan fingerprint density at radius 1 is 1.29 bits per heavy atom. The minimum atomic E-state index is 0.659. The summed E-state index contributed by atoms with van der Waals surface area (Å²) in [5.41, 5.74) is 0. The smallest absolute Gasteiger partial charge is 0.120 e. The second-order valence-corrected chi connectivity index (χ2v) is 4.72. The standard InChI is InChI=1S/C13H12N2OS/c1-2-13-11(3-8-17-13)9-12(1)16-7-6-15-5-4-14-10-15/h1-5,8-10H,6-7H2. The number of rotatable bonds is 4. The van der Waals surface area contributed by atoms with E-state index in [1.54, 1.807) is 23.9 Å². The van der Waals surface area contributed by atoms with E-state index >= 15 is 0 Å². The average Bonchev–Trinajstić information content (AvgIpc) is 2.98. The van der Waals surface area contributed by atoms with Crippen LogP contribution in [0.2, 0.25) is 0 Å². The minimum absolute atomic E-state index is 0.659. The van der Waals surface area contributed by atoms with E-state index in [1.165, 1.54) is 10.1 Å². The van der Waals surface area contributed by atoms with Gasteiger partial charge in [-0.05, 0) is 35.0 Å². The molecule has 0 fully saturated rings. The third-order valence-electron chi connectivity index (χ3n) is 2.60. The van der Waals surface area contributed by atoms with Crippen molar-refractivity contribution in [1.82, 2.24) is 9.55 Å². The maximum absolute atomic E-state index is 5.71. The molecule has 0 aliphatic rings. The molecule has 17 heavy (non-hydrogen) atoms. The Morgan fingerprint density at radius 2 is 2.29 bits per heavy atom. The Balaban J connectivity index is 1.64. The molecule has 3 rings (SSSR count). The molecule has 0 atom stereocenters.